The summed E-state index contributed by atoms with van der Waals surface area (Å²) in [6.45, 7) is 6.26. The Morgan fingerprint density at radius 2 is 1.23 bits per heavy atom. The molecule has 2 aliphatic rings. The lowest BCUT2D eigenvalue weighted by molar-refractivity contribution is 0.583. The van der Waals surface area contributed by atoms with Crippen molar-refractivity contribution in [2.24, 2.45) is 5.41 Å². The van der Waals surface area contributed by atoms with Crippen LogP contribution in [0.15, 0.2) is 182 Å². The Kier molecular flexibility index (Phi) is 10.7. The second-order valence-corrected chi connectivity index (χ2v) is 14.5. The van der Waals surface area contributed by atoms with Gasteiger partial charge in [0.15, 0.2) is 17.5 Å². The Bertz CT molecular complexity index is 2540. The second-order valence-electron chi connectivity index (χ2n) is 14.5. The van der Waals surface area contributed by atoms with Crippen LogP contribution in [0.2, 0.25) is 0 Å². The van der Waals surface area contributed by atoms with Crippen LogP contribution in [0.1, 0.15) is 60.9 Å². The molecule has 0 spiro atoms. The van der Waals surface area contributed by atoms with Crippen LogP contribution in [-0.4, -0.2) is 19.9 Å². The minimum Gasteiger partial charge on any atom is -0.258 e. The third kappa shape index (κ3) is 7.69. The van der Waals surface area contributed by atoms with E-state index in [1.165, 1.54) is 27.8 Å². The molecule has 2 heterocycles. The van der Waals surface area contributed by atoms with E-state index < -0.39 is 0 Å². The monoisotopic (exact) mass is 726 g/mol. The van der Waals surface area contributed by atoms with E-state index in [0.717, 1.165) is 64.9 Å². The van der Waals surface area contributed by atoms with Crippen LogP contribution < -0.4 is 0 Å². The van der Waals surface area contributed by atoms with Gasteiger partial charge in [-0.1, -0.05) is 170 Å². The fourth-order valence-electron chi connectivity index (χ4n) is 7.90. The van der Waals surface area contributed by atoms with Gasteiger partial charge in [0.1, 0.15) is 0 Å². The fourth-order valence-corrected chi connectivity index (χ4v) is 7.90. The standard InChI is InChI=1S/C52H46N4/c1-4-5-6-16-33-52(34-32-43(39-18-10-7-11-19-39)36-48(52)40-20-12-8-13-21-40)46-29-27-42(28-30-46)50-54-49(41-22-14-9-15-23-41)55-51(56-50)45-25-17-24-44(35-45)47-31-26-37(2)53-38(47)3/h5-27,29,31-33,35-36H,4,28,30,34H2,1-3H3/b6-5-,33-16?. The van der Waals surface area contributed by atoms with Crippen molar-refractivity contribution in [3.05, 3.63) is 210 Å². The first-order valence-corrected chi connectivity index (χ1v) is 19.7. The number of nitrogens with zero attached hydrogens (tertiary/aromatic N) is 4. The number of pyridine rings is 1. The van der Waals surface area contributed by atoms with Gasteiger partial charge in [-0.05, 0) is 91.1 Å². The Morgan fingerprint density at radius 3 is 1.91 bits per heavy atom. The van der Waals surface area contributed by atoms with E-state index in [1.54, 1.807) is 0 Å². The maximum absolute atomic E-state index is 5.18. The molecular formula is C52H46N4. The number of rotatable bonds is 10. The van der Waals surface area contributed by atoms with Gasteiger partial charge in [0.05, 0.1) is 0 Å². The summed E-state index contributed by atoms with van der Waals surface area (Å²) in [6, 6.07) is 44.5. The maximum atomic E-state index is 5.18. The number of hydrogen-bond donors (Lipinski definition) is 0. The van der Waals surface area contributed by atoms with E-state index in [1.807, 2.05) is 25.1 Å². The highest BCUT2D eigenvalue weighted by atomic mass is 15.0. The van der Waals surface area contributed by atoms with Crippen molar-refractivity contribution in [1.29, 1.82) is 0 Å². The number of aryl methyl sites for hydroxylation is 2. The normalized spacial score (nSPS) is 17.1. The fraction of sp³-hybridized carbons (Fsp3) is 0.154. The van der Waals surface area contributed by atoms with Gasteiger partial charge in [0, 0.05) is 33.5 Å². The molecule has 0 N–H and O–H groups in total. The summed E-state index contributed by atoms with van der Waals surface area (Å²) in [6.07, 6.45) is 22.0. The van der Waals surface area contributed by atoms with E-state index in [-0.39, 0.29) is 5.41 Å². The quantitative estimate of drug-likeness (QED) is 0.132. The first-order chi connectivity index (χ1) is 27.5. The molecule has 274 valence electrons. The zero-order chi connectivity index (χ0) is 38.3. The summed E-state index contributed by atoms with van der Waals surface area (Å²) in [5.74, 6) is 2.04. The molecular weight excluding hydrogens is 681 g/mol. The Labute approximate surface area is 331 Å². The summed E-state index contributed by atoms with van der Waals surface area (Å²) in [7, 11) is 0. The lowest BCUT2D eigenvalue weighted by atomic mass is 9.63. The van der Waals surface area contributed by atoms with Crippen molar-refractivity contribution < 1.29 is 0 Å². The highest BCUT2D eigenvalue weighted by Crippen LogP contribution is 2.53. The van der Waals surface area contributed by atoms with Gasteiger partial charge in [-0.3, -0.25) is 4.98 Å². The van der Waals surface area contributed by atoms with Gasteiger partial charge in [-0.2, -0.15) is 0 Å². The van der Waals surface area contributed by atoms with Crippen LogP contribution in [0.4, 0.5) is 0 Å². The average Bonchev–Trinajstić information content (AvgIpc) is 3.26. The molecule has 0 radical (unpaired) electrons. The van der Waals surface area contributed by atoms with Gasteiger partial charge in [-0.25, -0.2) is 15.0 Å². The van der Waals surface area contributed by atoms with Crippen molar-refractivity contribution in [3.63, 3.8) is 0 Å². The number of benzene rings is 4. The van der Waals surface area contributed by atoms with Crippen LogP contribution in [-0.2, 0) is 0 Å². The Balaban J connectivity index is 1.23. The van der Waals surface area contributed by atoms with Crippen LogP contribution in [0.3, 0.4) is 0 Å². The van der Waals surface area contributed by atoms with Crippen molar-refractivity contribution in [2.75, 3.05) is 0 Å². The van der Waals surface area contributed by atoms with Gasteiger partial charge < -0.3 is 0 Å². The first kappa shape index (κ1) is 36.5. The molecule has 2 aromatic heterocycles. The molecule has 4 aromatic carbocycles. The number of hydrogen-bond acceptors (Lipinski definition) is 4. The maximum Gasteiger partial charge on any atom is 0.164 e. The van der Waals surface area contributed by atoms with Gasteiger partial charge >= 0.3 is 0 Å². The minimum absolute atomic E-state index is 0.317. The Morgan fingerprint density at radius 1 is 0.589 bits per heavy atom. The SMILES string of the molecule is CC/C=C\C=CC1(C2=CC=C(c3nc(-c4ccccc4)nc(-c4cccc(-c5ccc(C)nc5C)c4)n3)CC2)CC=C(c2ccccc2)C=C1c1ccccc1. The molecule has 2 aliphatic carbocycles. The molecule has 0 amide bonds. The topological polar surface area (TPSA) is 51.6 Å². The summed E-state index contributed by atoms with van der Waals surface area (Å²) >= 11 is 0. The molecule has 1 unspecified atom stereocenters. The highest BCUT2D eigenvalue weighted by Gasteiger charge is 2.38. The third-order valence-electron chi connectivity index (χ3n) is 10.8. The molecule has 0 aliphatic heterocycles. The van der Waals surface area contributed by atoms with E-state index in [9.17, 15) is 0 Å². The molecule has 4 heteroatoms. The predicted molar refractivity (Wildman–Crippen MR) is 233 cm³/mol. The molecule has 8 rings (SSSR count). The first-order valence-electron chi connectivity index (χ1n) is 19.7. The zero-order valence-corrected chi connectivity index (χ0v) is 32.4. The molecule has 4 nitrogen and oxygen atoms in total. The van der Waals surface area contributed by atoms with Crippen molar-refractivity contribution in [2.45, 2.75) is 46.5 Å². The largest absolute Gasteiger partial charge is 0.258 e. The van der Waals surface area contributed by atoms with E-state index in [2.05, 4.69) is 172 Å². The highest BCUT2D eigenvalue weighted by molar-refractivity contribution is 5.91. The van der Waals surface area contributed by atoms with Crippen molar-refractivity contribution >= 4 is 16.7 Å². The third-order valence-corrected chi connectivity index (χ3v) is 10.8. The lowest BCUT2D eigenvalue weighted by Gasteiger charge is -2.40. The van der Waals surface area contributed by atoms with Crippen LogP contribution >= 0.6 is 0 Å². The van der Waals surface area contributed by atoms with Gasteiger partial charge in [-0.15, -0.1) is 0 Å². The van der Waals surface area contributed by atoms with Crippen LogP contribution in [0.5, 0.6) is 0 Å². The minimum atomic E-state index is -0.317. The summed E-state index contributed by atoms with van der Waals surface area (Å²) < 4.78 is 0. The summed E-state index contributed by atoms with van der Waals surface area (Å²) in [5, 5.41) is 0. The molecule has 0 bridgehead atoms. The molecule has 1 atom stereocenters. The molecule has 0 saturated heterocycles. The summed E-state index contributed by atoms with van der Waals surface area (Å²) in [4.78, 5) is 20.1. The second kappa shape index (κ2) is 16.5. The smallest absolute Gasteiger partial charge is 0.164 e. The van der Waals surface area contributed by atoms with Gasteiger partial charge in [0.25, 0.3) is 0 Å². The lowest BCUT2D eigenvalue weighted by Crippen LogP contribution is -2.26. The molecule has 56 heavy (non-hydrogen) atoms. The van der Waals surface area contributed by atoms with Gasteiger partial charge in [0.2, 0.25) is 0 Å². The molecule has 6 aromatic rings. The van der Waals surface area contributed by atoms with Crippen LogP contribution in [0, 0.1) is 19.3 Å². The van der Waals surface area contributed by atoms with E-state index in [4.69, 9.17) is 19.9 Å². The number of allylic oxidation sites excluding steroid dienone is 12. The predicted octanol–water partition coefficient (Wildman–Crippen LogP) is 13.1. The molecule has 0 fully saturated rings. The molecule has 0 saturated carbocycles. The Hall–Kier alpha value is -6.52. The van der Waals surface area contributed by atoms with Crippen molar-refractivity contribution in [1.82, 2.24) is 19.9 Å². The average molecular weight is 727 g/mol. The summed E-state index contributed by atoms with van der Waals surface area (Å²) in [5.41, 5.74) is 13.3. The number of aromatic nitrogens is 4. The van der Waals surface area contributed by atoms with Crippen molar-refractivity contribution in [3.8, 4) is 33.9 Å². The van der Waals surface area contributed by atoms with E-state index >= 15 is 0 Å². The zero-order valence-electron chi connectivity index (χ0n) is 32.4. The van der Waals surface area contributed by atoms with Crippen LogP contribution in [0.25, 0.3) is 50.6 Å². The van der Waals surface area contributed by atoms with E-state index in [0.29, 0.717) is 17.5 Å².